The number of rotatable bonds is 5. The molecule has 0 aromatic heterocycles. The number of nitrogens with two attached hydrogens (primary N) is 1. The molecule has 106 valence electrons. The Morgan fingerprint density at radius 3 is 2.20 bits per heavy atom. The van der Waals surface area contributed by atoms with E-state index in [0.717, 1.165) is 17.9 Å². The zero-order valence-corrected chi connectivity index (χ0v) is 13.0. The molecule has 2 rings (SSSR count). The summed E-state index contributed by atoms with van der Waals surface area (Å²) in [7, 11) is 0. The molecule has 2 heteroatoms. The summed E-state index contributed by atoms with van der Waals surface area (Å²) in [6.45, 7) is 4.84. The molecule has 1 unspecified atom stereocenters. The smallest absolute Gasteiger partial charge is 0.0440 e. The predicted molar refractivity (Wildman–Crippen MR) is 87.3 cm³/mol. The van der Waals surface area contributed by atoms with Gasteiger partial charge in [0.2, 0.25) is 0 Å². The van der Waals surface area contributed by atoms with E-state index in [1.54, 1.807) is 0 Å². The van der Waals surface area contributed by atoms with Gasteiger partial charge in [0, 0.05) is 5.02 Å². The maximum atomic E-state index is 6.31. The van der Waals surface area contributed by atoms with Gasteiger partial charge in [-0.15, -0.1) is 0 Å². The number of halogens is 1. The average Bonchev–Trinajstić information content (AvgIpc) is 2.43. The van der Waals surface area contributed by atoms with E-state index in [0.29, 0.717) is 12.5 Å². The highest BCUT2D eigenvalue weighted by atomic mass is 35.5. The molecule has 2 aromatic carbocycles. The van der Waals surface area contributed by atoms with Crippen LogP contribution >= 0.6 is 11.6 Å². The van der Waals surface area contributed by atoms with Crippen LogP contribution in [0.5, 0.6) is 0 Å². The SMILES string of the molecule is Cc1ccc(CC(CN)Cc2ccc(C)cc2Cl)cc1. The van der Waals surface area contributed by atoms with E-state index in [4.69, 9.17) is 17.3 Å². The fraction of sp³-hybridized carbons (Fsp3) is 0.333. The maximum absolute atomic E-state index is 6.31. The Balaban J connectivity index is 2.07. The molecule has 0 radical (unpaired) electrons. The summed E-state index contributed by atoms with van der Waals surface area (Å²) in [5.74, 6) is 0.429. The van der Waals surface area contributed by atoms with Crippen molar-refractivity contribution in [2.75, 3.05) is 6.54 Å². The van der Waals surface area contributed by atoms with Crippen LogP contribution in [-0.2, 0) is 12.8 Å². The summed E-state index contributed by atoms with van der Waals surface area (Å²) in [4.78, 5) is 0. The number of hydrogen-bond acceptors (Lipinski definition) is 1. The molecule has 2 N–H and O–H groups in total. The fourth-order valence-electron chi connectivity index (χ4n) is 2.43. The molecule has 0 amide bonds. The Morgan fingerprint density at radius 2 is 1.60 bits per heavy atom. The van der Waals surface area contributed by atoms with Crippen molar-refractivity contribution in [2.45, 2.75) is 26.7 Å². The van der Waals surface area contributed by atoms with Gasteiger partial charge in [0.05, 0.1) is 0 Å². The summed E-state index contributed by atoms with van der Waals surface area (Å²) in [6.07, 6.45) is 1.93. The highest BCUT2D eigenvalue weighted by molar-refractivity contribution is 6.31. The molecule has 0 bridgehead atoms. The summed E-state index contributed by atoms with van der Waals surface area (Å²) in [5.41, 5.74) is 11.0. The van der Waals surface area contributed by atoms with E-state index >= 15 is 0 Å². The number of aryl methyl sites for hydroxylation is 2. The second-order valence-corrected chi connectivity index (χ2v) is 6.00. The lowest BCUT2D eigenvalue weighted by molar-refractivity contribution is 0.533. The first-order valence-corrected chi connectivity index (χ1v) is 7.47. The molecule has 0 saturated heterocycles. The predicted octanol–water partition coefficient (Wildman–Crippen LogP) is 4.32. The van der Waals surface area contributed by atoms with Crippen LogP contribution in [0.4, 0.5) is 0 Å². The van der Waals surface area contributed by atoms with Crippen LogP contribution in [0.2, 0.25) is 5.02 Å². The molecule has 0 fully saturated rings. The van der Waals surface area contributed by atoms with Crippen molar-refractivity contribution in [3.8, 4) is 0 Å². The molecular formula is C18H22ClN. The maximum Gasteiger partial charge on any atom is 0.0440 e. The van der Waals surface area contributed by atoms with Gasteiger partial charge in [0.25, 0.3) is 0 Å². The first-order chi connectivity index (χ1) is 9.58. The van der Waals surface area contributed by atoms with Crippen LogP contribution < -0.4 is 5.73 Å². The van der Waals surface area contributed by atoms with Crippen molar-refractivity contribution >= 4 is 11.6 Å². The van der Waals surface area contributed by atoms with Crippen molar-refractivity contribution in [1.29, 1.82) is 0 Å². The lowest BCUT2D eigenvalue weighted by atomic mass is 9.92. The number of benzene rings is 2. The lowest BCUT2D eigenvalue weighted by Gasteiger charge is -2.16. The Bertz CT molecular complexity index is 560. The number of hydrogen-bond donors (Lipinski definition) is 1. The Morgan fingerprint density at radius 1 is 0.950 bits per heavy atom. The molecular weight excluding hydrogens is 266 g/mol. The van der Waals surface area contributed by atoms with E-state index < -0.39 is 0 Å². The molecule has 0 aliphatic heterocycles. The zero-order chi connectivity index (χ0) is 14.5. The van der Waals surface area contributed by atoms with Crippen LogP contribution in [0, 0.1) is 19.8 Å². The lowest BCUT2D eigenvalue weighted by Crippen LogP contribution is -2.19. The highest BCUT2D eigenvalue weighted by Gasteiger charge is 2.11. The normalized spacial score (nSPS) is 12.4. The Labute approximate surface area is 126 Å². The summed E-state index contributed by atoms with van der Waals surface area (Å²) in [5, 5.41) is 0.854. The molecule has 0 aliphatic rings. The average molecular weight is 288 g/mol. The van der Waals surface area contributed by atoms with Crippen molar-refractivity contribution < 1.29 is 0 Å². The van der Waals surface area contributed by atoms with Crippen LogP contribution in [0.15, 0.2) is 42.5 Å². The molecule has 0 saturated carbocycles. The third-order valence-electron chi connectivity index (χ3n) is 3.70. The van der Waals surface area contributed by atoms with Gasteiger partial charge in [0.1, 0.15) is 0 Å². The summed E-state index contributed by atoms with van der Waals surface area (Å²) >= 11 is 6.31. The van der Waals surface area contributed by atoms with Crippen molar-refractivity contribution in [1.82, 2.24) is 0 Å². The first-order valence-electron chi connectivity index (χ1n) is 7.09. The molecule has 1 atom stereocenters. The quantitative estimate of drug-likeness (QED) is 0.871. The molecule has 20 heavy (non-hydrogen) atoms. The third kappa shape index (κ3) is 4.09. The van der Waals surface area contributed by atoms with Gasteiger partial charge < -0.3 is 5.73 Å². The molecule has 0 spiro atoms. The van der Waals surface area contributed by atoms with Crippen LogP contribution in [0.25, 0.3) is 0 Å². The molecule has 0 heterocycles. The van der Waals surface area contributed by atoms with Crippen LogP contribution in [-0.4, -0.2) is 6.54 Å². The fourth-order valence-corrected chi connectivity index (χ4v) is 2.74. The monoisotopic (exact) mass is 287 g/mol. The third-order valence-corrected chi connectivity index (χ3v) is 4.05. The van der Waals surface area contributed by atoms with Gasteiger partial charge in [-0.3, -0.25) is 0 Å². The minimum absolute atomic E-state index is 0.429. The van der Waals surface area contributed by atoms with Gasteiger partial charge >= 0.3 is 0 Å². The van der Waals surface area contributed by atoms with E-state index in [-0.39, 0.29) is 0 Å². The highest BCUT2D eigenvalue weighted by Crippen LogP contribution is 2.22. The standard InChI is InChI=1S/C18H22ClN/c1-13-3-6-15(7-4-13)10-16(12-20)11-17-8-5-14(2)9-18(17)19/h3-9,16H,10-12,20H2,1-2H3. The van der Waals surface area contributed by atoms with Crippen molar-refractivity contribution in [3.63, 3.8) is 0 Å². The van der Waals surface area contributed by atoms with Gasteiger partial charge in [-0.05, 0) is 61.9 Å². The van der Waals surface area contributed by atoms with Gasteiger partial charge in [-0.25, -0.2) is 0 Å². The van der Waals surface area contributed by atoms with E-state index in [9.17, 15) is 0 Å². The van der Waals surface area contributed by atoms with E-state index in [2.05, 4.69) is 50.2 Å². The van der Waals surface area contributed by atoms with Crippen LogP contribution in [0.1, 0.15) is 22.3 Å². The molecule has 1 nitrogen and oxygen atoms in total. The second kappa shape index (κ2) is 6.92. The second-order valence-electron chi connectivity index (χ2n) is 5.59. The minimum Gasteiger partial charge on any atom is -0.330 e. The van der Waals surface area contributed by atoms with E-state index in [1.165, 1.54) is 22.3 Å². The van der Waals surface area contributed by atoms with Gasteiger partial charge in [0.15, 0.2) is 0 Å². The van der Waals surface area contributed by atoms with Gasteiger partial charge in [-0.2, -0.15) is 0 Å². The first kappa shape index (κ1) is 15.1. The van der Waals surface area contributed by atoms with Crippen molar-refractivity contribution in [2.24, 2.45) is 11.7 Å². The Kier molecular flexibility index (Phi) is 5.22. The van der Waals surface area contributed by atoms with Crippen molar-refractivity contribution in [3.05, 3.63) is 69.7 Å². The van der Waals surface area contributed by atoms with Gasteiger partial charge in [-0.1, -0.05) is 53.6 Å². The summed E-state index contributed by atoms with van der Waals surface area (Å²) < 4.78 is 0. The summed E-state index contributed by atoms with van der Waals surface area (Å²) in [6, 6.07) is 14.9. The largest absolute Gasteiger partial charge is 0.330 e. The molecule has 0 aliphatic carbocycles. The molecule has 2 aromatic rings. The topological polar surface area (TPSA) is 26.0 Å². The van der Waals surface area contributed by atoms with E-state index in [1.807, 2.05) is 6.07 Å². The Hall–Kier alpha value is -1.31. The minimum atomic E-state index is 0.429. The van der Waals surface area contributed by atoms with Crippen LogP contribution in [0.3, 0.4) is 0 Å². The zero-order valence-electron chi connectivity index (χ0n) is 12.2.